The Labute approximate surface area is 206 Å². The van der Waals surface area contributed by atoms with Crippen LogP contribution in [0.4, 0.5) is 4.79 Å². The molecule has 0 heterocycles. The summed E-state index contributed by atoms with van der Waals surface area (Å²) >= 11 is 0. The molecule has 0 bridgehead atoms. The van der Waals surface area contributed by atoms with Crippen LogP contribution in [-0.4, -0.2) is 59.9 Å². The first-order valence-corrected chi connectivity index (χ1v) is 12.3. The summed E-state index contributed by atoms with van der Waals surface area (Å²) in [5.74, 6) is 6.95. The summed E-state index contributed by atoms with van der Waals surface area (Å²) in [7, 11) is 3.48. The normalized spacial score (nSPS) is 20.6. The summed E-state index contributed by atoms with van der Waals surface area (Å²) in [4.78, 5) is 25.7. The molecule has 4 rings (SSSR count). The molecule has 190 valence electrons. The van der Waals surface area contributed by atoms with Crippen LogP contribution in [0.3, 0.4) is 0 Å². The second-order valence-electron chi connectivity index (χ2n) is 9.88. The van der Waals surface area contributed by atoms with Gasteiger partial charge >= 0.3 is 12.1 Å². The van der Waals surface area contributed by atoms with Gasteiger partial charge in [0.15, 0.2) is 0 Å². The number of nitrogens with zero attached hydrogens (tertiary/aromatic N) is 2. The van der Waals surface area contributed by atoms with Crippen molar-refractivity contribution in [2.24, 2.45) is 23.4 Å². The Morgan fingerprint density at radius 3 is 2.26 bits per heavy atom. The number of likely N-dealkylation sites (N-methyl/N-ethyl adjacent to an activating group) is 1. The Hall–Kier alpha value is -3.20. The van der Waals surface area contributed by atoms with Crippen LogP contribution >= 0.6 is 0 Å². The van der Waals surface area contributed by atoms with E-state index >= 15 is 0 Å². The minimum absolute atomic E-state index is 0.0331. The Balaban J connectivity index is 1.37. The number of hydrogen-bond acceptors (Lipinski definition) is 7. The monoisotopic (exact) mass is 484 g/mol. The fraction of sp³-hybridized carbons (Fsp3) is 0.538. The first-order chi connectivity index (χ1) is 16.7. The van der Waals surface area contributed by atoms with Gasteiger partial charge in [-0.25, -0.2) is 15.4 Å². The van der Waals surface area contributed by atoms with Crippen molar-refractivity contribution in [3.63, 3.8) is 0 Å². The number of benzene rings is 1. The highest BCUT2D eigenvalue weighted by molar-refractivity contribution is 5.86. The van der Waals surface area contributed by atoms with Gasteiger partial charge < -0.3 is 30.2 Å². The first-order valence-electron chi connectivity index (χ1n) is 12.3. The predicted octanol–water partition coefficient (Wildman–Crippen LogP) is 3.32. The van der Waals surface area contributed by atoms with Crippen LogP contribution < -0.4 is 16.3 Å². The summed E-state index contributed by atoms with van der Waals surface area (Å²) in [6, 6.07) is 7.49. The number of ether oxygens (including phenoxy) is 2. The van der Waals surface area contributed by atoms with Gasteiger partial charge in [-0.05, 0) is 80.2 Å². The van der Waals surface area contributed by atoms with E-state index in [9.17, 15) is 14.7 Å². The molecule has 5 N–H and O–H groups in total. The molecule has 3 aliphatic carbocycles. The van der Waals surface area contributed by atoms with Gasteiger partial charge in [0.05, 0.1) is 11.4 Å². The summed E-state index contributed by atoms with van der Waals surface area (Å²) < 4.78 is 11.6. The Morgan fingerprint density at radius 2 is 1.71 bits per heavy atom. The molecule has 1 unspecified atom stereocenters. The molecule has 1 aromatic rings. The summed E-state index contributed by atoms with van der Waals surface area (Å²) in [6.45, 7) is -0.0331. The van der Waals surface area contributed by atoms with Crippen LogP contribution in [0, 0.1) is 11.8 Å². The number of carbonyl (C=O) groups is 2. The van der Waals surface area contributed by atoms with Crippen LogP contribution in [0.1, 0.15) is 50.5 Å². The molecule has 35 heavy (non-hydrogen) atoms. The van der Waals surface area contributed by atoms with Gasteiger partial charge in [0, 0.05) is 32.1 Å². The largest absolute Gasteiger partial charge is 0.490 e. The van der Waals surface area contributed by atoms with Gasteiger partial charge in [0.2, 0.25) is 0 Å². The zero-order chi connectivity index (χ0) is 25.1. The molecular formula is C26H36N4O5. The smallest absolute Gasteiger partial charge is 0.410 e. The third-order valence-corrected chi connectivity index (χ3v) is 7.08. The Bertz CT molecular complexity index is 983. The second kappa shape index (κ2) is 10.6. The number of hydrazine groups is 1. The molecule has 0 aromatic heterocycles. The SMILES string of the molecule is CN(N)/C(COC(=O)N(C)C(C1CC1)C1CC1)=C(\N)c1ccc(OC2CCC=C(C(=O)O)C2)cc1. The lowest BCUT2D eigenvalue weighted by molar-refractivity contribution is -0.133. The standard InChI is InChI=1S/C26H36N4O5/c1-29(24(17-6-7-17)18-8-9-18)26(33)34-15-22(30(2)28)23(27)16-10-12-20(13-11-16)35-21-5-3-4-19(14-21)25(31)32/h4,10-13,17-18,21,24H,3,5-9,14-15,27-28H2,1-2H3,(H,31,32)/b23-22-. The van der Waals surface area contributed by atoms with Gasteiger partial charge in [-0.3, -0.25) is 0 Å². The number of carboxylic acid groups (broad SMARTS) is 1. The van der Waals surface area contributed by atoms with E-state index in [-0.39, 0.29) is 24.8 Å². The molecule has 0 spiro atoms. The van der Waals surface area contributed by atoms with Crippen LogP contribution in [0.25, 0.3) is 5.70 Å². The van der Waals surface area contributed by atoms with Crippen molar-refractivity contribution in [1.29, 1.82) is 0 Å². The summed E-state index contributed by atoms with van der Waals surface area (Å²) in [6.07, 6.45) is 7.77. The molecule has 0 saturated heterocycles. The molecule has 0 aliphatic heterocycles. The summed E-state index contributed by atoms with van der Waals surface area (Å²) in [5.41, 5.74) is 8.42. The van der Waals surface area contributed by atoms with Gasteiger partial charge in [-0.15, -0.1) is 0 Å². The summed E-state index contributed by atoms with van der Waals surface area (Å²) in [5, 5.41) is 10.6. The lowest BCUT2D eigenvalue weighted by atomic mass is 9.97. The number of carboxylic acids is 1. The van der Waals surface area contributed by atoms with Gasteiger partial charge in [-0.2, -0.15) is 0 Å². The topological polar surface area (TPSA) is 131 Å². The average molecular weight is 485 g/mol. The molecule has 2 fully saturated rings. The highest BCUT2D eigenvalue weighted by Gasteiger charge is 2.45. The van der Waals surface area contributed by atoms with Gasteiger partial charge in [0.25, 0.3) is 0 Å². The van der Waals surface area contributed by atoms with Crippen molar-refractivity contribution in [2.75, 3.05) is 20.7 Å². The van der Waals surface area contributed by atoms with Crippen LogP contribution in [0.15, 0.2) is 41.6 Å². The highest BCUT2D eigenvalue weighted by Crippen LogP contribution is 2.47. The molecule has 0 radical (unpaired) electrons. The van der Waals surface area contributed by atoms with Crippen molar-refractivity contribution in [2.45, 2.75) is 57.1 Å². The maximum Gasteiger partial charge on any atom is 0.410 e. The number of amides is 1. The molecule has 9 nitrogen and oxygen atoms in total. The first kappa shape index (κ1) is 24.9. The lowest BCUT2D eigenvalue weighted by Crippen LogP contribution is -2.41. The van der Waals surface area contributed by atoms with E-state index in [0.717, 1.165) is 12.0 Å². The maximum absolute atomic E-state index is 12.8. The number of hydrogen-bond donors (Lipinski definition) is 3. The zero-order valence-electron chi connectivity index (χ0n) is 20.5. The van der Waals surface area contributed by atoms with Crippen molar-refractivity contribution in [1.82, 2.24) is 9.91 Å². The molecule has 9 heteroatoms. The molecule has 1 atom stereocenters. The fourth-order valence-electron chi connectivity index (χ4n) is 4.84. The Morgan fingerprint density at radius 1 is 1.09 bits per heavy atom. The van der Waals surface area contributed by atoms with E-state index in [2.05, 4.69) is 0 Å². The number of nitrogens with two attached hydrogens (primary N) is 2. The van der Waals surface area contributed by atoms with E-state index < -0.39 is 5.97 Å². The molecular weight excluding hydrogens is 448 g/mol. The maximum atomic E-state index is 12.8. The van der Waals surface area contributed by atoms with Gasteiger partial charge in [-0.1, -0.05) is 6.08 Å². The van der Waals surface area contributed by atoms with E-state index in [1.54, 1.807) is 30.2 Å². The highest BCUT2D eigenvalue weighted by atomic mass is 16.6. The number of carbonyl (C=O) groups excluding carboxylic acids is 1. The molecule has 2 saturated carbocycles. The van der Waals surface area contributed by atoms with Crippen LogP contribution in [0.5, 0.6) is 5.75 Å². The van der Waals surface area contributed by atoms with E-state index in [0.29, 0.717) is 47.4 Å². The average Bonchev–Trinajstić information content (AvgIpc) is 3.75. The zero-order valence-corrected chi connectivity index (χ0v) is 20.5. The van der Waals surface area contributed by atoms with Crippen molar-refractivity contribution < 1.29 is 24.2 Å². The minimum atomic E-state index is -0.896. The second-order valence-corrected chi connectivity index (χ2v) is 9.88. The van der Waals surface area contributed by atoms with Crippen molar-refractivity contribution in [3.8, 4) is 5.75 Å². The van der Waals surface area contributed by atoms with Gasteiger partial charge in [0.1, 0.15) is 18.5 Å². The van der Waals surface area contributed by atoms with E-state index in [1.807, 2.05) is 19.2 Å². The number of rotatable bonds is 10. The van der Waals surface area contributed by atoms with Crippen LogP contribution in [-0.2, 0) is 9.53 Å². The van der Waals surface area contributed by atoms with Crippen molar-refractivity contribution in [3.05, 3.63) is 47.2 Å². The molecule has 1 amide bonds. The Kier molecular flexibility index (Phi) is 7.54. The van der Waals surface area contributed by atoms with E-state index in [4.69, 9.17) is 21.1 Å². The molecule has 1 aromatic carbocycles. The quantitative estimate of drug-likeness (QED) is 0.340. The predicted molar refractivity (Wildman–Crippen MR) is 132 cm³/mol. The lowest BCUT2D eigenvalue weighted by Gasteiger charge is -2.28. The third kappa shape index (κ3) is 6.28. The minimum Gasteiger partial charge on any atom is -0.490 e. The third-order valence-electron chi connectivity index (χ3n) is 7.08. The fourth-order valence-corrected chi connectivity index (χ4v) is 4.84. The number of allylic oxidation sites excluding steroid dienone is 1. The van der Waals surface area contributed by atoms with E-state index in [1.165, 1.54) is 30.7 Å². The number of aliphatic carboxylic acids is 1. The van der Waals surface area contributed by atoms with Crippen molar-refractivity contribution >= 4 is 17.8 Å². The van der Waals surface area contributed by atoms with Crippen LogP contribution in [0.2, 0.25) is 0 Å². The molecule has 3 aliphatic rings.